The molecule has 4 aromatic carbocycles. The molecule has 2 amide bonds. The second-order valence-electron chi connectivity index (χ2n) is 16.0. The topological polar surface area (TPSA) is 120 Å². The van der Waals surface area contributed by atoms with Gasteiger partial charge in [0.05, 0.1) is 28.4 Å². The number of ether oxygens (including phenoxy) is 6. The van der Waals surface area contributed by atoms with Crippen LogP contribution >= 0.6 is 0 Å². The van der Waals surface area contributed by atoms with Crippen LogP contribution in [0.4, 0.5) is 0 Å². The minimum atomic E-state index is -0.144. The van der Waals surface area contributed by atoms with Crippen LogP contribution in [0.3, 0.4) is 0 Å². The SMILES string of the molecule is COc1cc(C(=O)NCC2(N(C)C)CCCC2)cc(OC)c1OCc1ccccc1.COc1cc(C(=O)NCC2(N(C)C)CCCC2)cc(OC)c1OCc1ccccc1. The summed E-state index contributed by atoms with van der Waals surface area (Å²) >= 11 is 0. The summed E-state index contributed by atoms with van der Waals surface area (Å²) < 4.78 is 34.0. The molecule has 2 N–H and O–H groups in total. The van der Waals surface area contributed by atoms with Crippen LogP contribution in [0.1, 0.15) is 83.2 Å². The van der Waals surface area contributed by atoms with Gasteiger partial charge in [-0.25, -0.2) is 0 Å². The Morgan fingerprint density at radius 1 is 0.517 bits per heavy atom. The van der Waals surface area contributed by atoms with Gasteiger partial charge < -0.3 is 48.9 Å². The van der Waals surface area contributed by atoms with E-state index < -0.39 is 0 Å². The number of carbonyl (C=O) groups is 2. The first-order valence-corrected chi connectivity index (χ1v) is 20.7. The van der Waals surface area contributed by atoms with Gasteiger partial charge in [0.2, 0.25) is 11.5 Å². The third-order valence-corrected chi connectivity index (χ3v) is 12.0. The highest BCUT2D eigenvalue weighted by molar-refractivity contribution is 5.96. The summed E-state index contributed by atoms with van der Waals surface area (Å²) in [5.74, 6) is 2.57. The van der Waals surface area contributed by atoms with Gasteiger partial charge in [0.25, 0.3) is 11.8 Å². The maximum Gasteiger partial charge on any atom is 0.251 e. The molecule has 0 aromatic heterocycles. The van der Waals surface area contributed by atoms with E-state index in [0.717, 1.165) is 36.8 Å². The van der Waals surface area contributed by atoms with Crippen LogP contribution in [0.15, 0.2) is 84.9 Å². The molecule has 4 aromatic rings. The Morgan fingerprint density at radius 3 is 1.08 bits per heavy atom. The van der Waals surface area contributed by atoms with E-state index in [1.807, 2.05) is 60.7 Å². The van der Waals surface area contributed by atoms with Crippen molar-refractivity contribution in [3.63, 3.8) is 0 Å². The molecule has 2 saturated carbocycles. The van der Waals surface area contributed by atoms with E-state index in [-0.39, 0.29) is 22.9 Å². The lowest BCUT2D eigenvalue weighted by atomic mass is 9.96. The zero-order valence-corrected chi connectivity index (χ0v) is 36.7. The molecule has 0 radical (unpaired) electrons. The molecule has 6 rings (SSSR count). The van der Waals surface area contributed by atoms with Crippen molar-refractivity contribution < 1.29 is 38.0 Å². The molecular formula is C48H64N4O8. The third kappa shape index (κ3) is 11.4. The Balaban J connectivity index is 0.000000228. The second-order valence-corrected chi connectivity index (χ2v) is 16.0. The Kier molecular flexibility index (Phi) is 16.5. The summed E-state index contributed by atoms with van der Waals surface area (Å²) in [6.07, 6.45) is 9.18. The van der Waals surface area contributed by atoms with Crippen molar-refractivity contribution in [3.05, 3.63) is 107 Å². The average molecular weight is 825 g/mol. The summed E-state index contributed by atoms with van der Waals surface area (Å²) in [4.78, 5) is 30.3. The maximum atomic E-state index is 12.9. The maximum absolute atomic E-state index is 12.9. The predicted molar refractivity (Wildman–Crippen MR) is 235 cm³/mol. The highest BCUT2D eigenvalue weighted by Crippen LogP contribution is 2.41. The van der Waals surface area contributed by atoms with Crippen molar-refractivity contribution in [1.29, 1.82) is 0 Å². The number of methoxy groups -OCH3 is 4. The van der Waals surface area contributed by atoms with Crippen molar-refractivity contribution in [1.82, 2.24) is 20.4 Å². The number of rotatable bonds is 18. The number of likely N-dealkylation sites (N-methyl/N-ethyl adjacent to an activating group) is 2. The van der Waals surface area contributed by atoms with Gasteiger partial charge in [0, 0.05) is 35.3 Å². The minimum Gasteiger partial charge on any atom is -0.493 e. The van der Waals surface area contributed by atoms with Crippen molar-refractivity contribution in [2.45, 2.75) is 75.7 Å². The smallest absolute Gasteiger partial charge is 0.251 e. The fraction of sp³-hybridized carbons (Fsp3) is 0.458. The fourth-order valence-electron chi connectivity index (χ4n) is 8.09. The molecule has 0 aliphatic heterocycles. The van der Waals surface area contributed by atoms with Crippen molar-refractivity contribution >= 4 is 11.8 Å². The van der Waals surface area contributed by atoms with E-state index in [4.69, 9.17) is 28.4 Å². The number of hydrogen-bond donors (Lipinski definition) is 2. The molecule has 0 heterocycles. The van der Waals surface area contributed by atoms with E-state index in [2.05, 4.69) is 48.6 Å². The molecule has 60 heavy (non-hydrogen) atoms. The molecule has 324 valence electrons. The van der Waals surface area contributed by atoms with Crippen LogP contribution in [0, 0.1) is 0 Å². The van der Waals surface area contributed by atoms with Gasteiger partial charge in [-0.05, 0) is 89.3 Å². The van der Waals surface area contributed by atoms with Crippen LogP contribution in [0.2, 0.25) is 0 Å². The van der Waals surface area contributed by atoms with Crippen LogP contribution in [0.25, 0.3) is 0 Å². The van der Waals surface area contributed by atoms with Crippen molar-refractivity contribution in [2.24, 2.45) is 0 Å². The quantitative estimate of drug-likeness (QED) is 0.103. The van der Waals surface area contributed by atoms with Crippen molar-refractivity contribution in [2.75, 3.05) is 69.7 Å². The first kappa shape index (κ1) is 45.6. The number of hydrogen-bond acceptors (Lipinski definition) is 10. The molecular weight excluding hydrogens is 761 g/mol. The Bertz CT molecular complexity index is 1780. The Morgan fingerprint density at radius 2 is 0.817 bits per heavy atom. The summed E-state index contributed by atoms with van der Waals surface area (Å²) in [6, 6.07) is 26.6. The minimum absolute atomic E-state index is 0.0303. The first-order valence-electron chi connectivity index (χ1n) is 20.7. The van der Waals surface area contributed by atoms with Gasteiger partial charge in [-0.15, -0.1) is 0 Å². The molecule has 12 heteroatoms. The number of carbonyl (C=O) groups excluding carboxylic acids is 2. The zero-order chi connectivity index (χ0) is 43.1. The van der Waals surface area contributed by atoms with Crippen molar-refractivity contribution in [3.8, 4) is 34.5 Å². The summed E-state index contributed by atoms with van der Waals surface area (Å²) in [5, 5.41) is 6.22. The highest BCUT2D eigenvalue weighted by atomic mass is 16.5. The Labute approximate surface area is 356 Å². The lowest BCUT2D eigenvalue weighted by Gasteiger charge is -2.36. The van der Waals surface area contributed by atoms with Crippen LogP contribution in [-0.4, -0.2) is 102 Å². The van der Waals surface area contributed by atoms with E-state index in [9.17, 15) is 9.59 Å². The molecule has 0 bridgehead atoms. The molecule has 0 atom stereocenters. The van der Waals surface area contributed by atoms with E-state index in [1.165, 1.54) is 25.7 Å². The monoisotopic (exact) mass is 824 g/mol. The van der Waals surface area contributed by atoms with Crippen LogP contribution in [-0.2, 0) is 13.2 Å². The van der Waals surface area contributed by atoms with Gasteiger partial charge in [-0.2, -0.15) is 0 Å². The molecule has 2 aliphatic rings. The van der Waals surface area contributed by atoms with Gasteiger partial charge in [-0.3, -0.25) is 9.59 Å². The number of amides is 2. The third-order valence-electron chi connectivity index (χ3n) is 12.0. The highest BCUT2D eigenvalue weighted by Gasteiger charge is 2.37. The van der Waals surface area contributed by atoms with E-state index in [0.29, 0.717) is 71.9 Å². The van der Waals surface area contributed by atoms with Gasteiger partial charge in [0.1, 0.15) is 13.2 Å². The molecule has 2 aliphatic carbocycles. The van der Waals surface area contributed by atoms with Crippen LogP contribution < -0.4 is 39.1 Å². The molecule has 0 saturated heterocycles. The fourth-order valence-corrected chi connectivity index (χ4v) is 8.09. The number of nitrogens with one attached hydrogen (secondary N) is 2. The second kappa shape index (κ2) is 21.7. The summed E-state index contributed by atoms with van der Waals surface area (Å²) in [5.41, 5.74) is 3.11. The summed E-state index contributed by atoms with van der Waals surface area (Å²) in [6.45, 7) is 2.00. The summed E-state index contributed by atoms with van der Waals surface area (Å²) in [7, 11) is 14.6. The molecule has 12 nitrogen and oxygen atoms in total. The van der Waals surface area contributed by atoms with Gasteiger partial charge in [0.15, 0.2) is 23.0 Å². The normalized spacial score (nSPS) is 15.1. The largest absolute Gasteiger partial charge is 0.493 e. The number of nitrogens with zero attached hydrogens (tertiary/aromatic N) is 2. The number of benzene rings is 4. The first-order chi connectivity index (χ1) is 29.0. The van der Waals surface area contributed by atoms with Gasteiger partial charge >= 0.3 is 0 Å². The molecule has 0 spiro atoms. The lowest BCUT2D eigenvalue weighted by Crippen LogP contribution is -2.50. The molecule has 0 unspecified atom stereocenters. The average Bonchev–Trinajstić information content (AvgIpc) is 3.98. The van der Waals surface area contributed by atoms with Crippen LogP contribution in [0.5, 0.6) is 34.5 Å². The van der Waals surface area contributed by atoms with E-state index >= 15 is 0 Å². The zero-order valence-electron chi connectivity index (χ0n) is 36.7. The van der Waals surface area contributed by atoms with Gasteiger partial charge in [-0.1, -0.05) is 86.3 Å². The predicted octanol–water partition coefficient (Wildman–Crippen LogP) is 7.77. The van der Waals surface area contributed by atoms with E-state index in [1.54, 1.807) is 52.7 Å². The lowest BCUT2D eigenvalue weighted by molar-refractivity contribution is 0.0892. The molecule has 2 fully saturated rings. The Hall–Kier alpha value is -5.46. The standard InChI is InChI=1S/2C24H32N2O4/c2*1-26(2)24(12-8-9-13-24)17-25-23(27)19-14-20(28-3)22(21(15-19)29-4)30-16-18-10-6-5-7-11-18/h2*5-7,10-11,14-15H,8-9,12-13,16-17H2,1-4H3,(H,25,27).